The van der Waals surface area contributed by atoms with E-state index in [0.717, 1.165) is 47.5 Å². The largest absolute Gasteiger partial charge is 0.390 e. The van der Waals surface area contributed by atoms with E-state index in [1.54, 1.807) is 18.0 Å². The Bertz CT molecular complexity index is 1150. The van der Waals surface area contributed by atoms with E-state index < -0.39 is 5.60 Å². The first-order chi connectivity index (χ1) is 16.8. The number of nitrogens with one attached hydrogen (secondary N) is 2. The van der Waals surface area contributed by atoms with Crippen LogP contribution >= 0.6 is 11.8 Å². The topological polar surface area (TPSA) is 104 Å². The Kier molecular flexibility index (Phi) is 8.23. The molecule has 1 aliphatic rings. The molecule has 2 aromatic heterocycles. The summed E-state index contributed by atoms with van der Waals surface area (Å²) in [5, 5.41) is 21.0. The van der Waals surface area contributed by atoms with Crippen LogP contribution in [0.4, 0.5) is 5.82 Å². The van der Waals surface area contributed by atoms with Crippen LogP contribution in [0.2, 0.25) is 0 Å². The Morgan fingerprint density at radius 3 is 2.77 bits per heavy atom. The van der Waals surface area contributed by atoms with Crippen molar-refractivity contribution < 1.29 is 9.90 Å². The third-order valence-corrected chi connectivity index (χ3v) is 7.51. The van der Waals surface area contributed by atoms with Gasteiger partial charge in [-0.2, -0.15) is 0 Å². The fraction of sp³-hybridized carbons (Fsp3) is 0.481. The van der Waals surface area contributed by atoms with Crippen LogP contribution < -0.4 is 5.32 Å². The molecule has 0 saturated heterocycles. The van der Waals surface area contributed by atoms with Crippen LogP contribution in [-0.4, -0.2) is 42.5 Å². The van der Waals surface area contributed by atoms with Gasteiger partial charge in [-0.05, 0) is 86.2 Å². The van der Waals surface area contributed by atoms with Crippen LogP contribution in [0.5, 0.6) is 0 Å². The Hall–Kier alpha value is -2.71. The summed E-state index contributed by atoms with van der Waals surface area (Å²) in [5.41, 5.74) is 2.63. The summed E-state index contributed by atoms with van der Waals surface area (Å²) in [6, 6.07) is 10.3. The number of carbonyl (C=O) groups excluding carboxylic acids is 1. The minimum Gasteiger partial charge on any atom is -0.390 e. The molecular weight excluding hydrogens is 458 g/mol. The molecule has 35 heavy (non-hydrogen) atoms. The third-order valence-electron chi connectivity index (χ3n) is 6.43. The minimum atomic E-state index is -0.625. The van der Waals surface area contributed by atoms with Gasteiger partial charge in [0.25, 0.3) is 5.91 Å². The summed E-state index contributed by atoms with van der Waals surface area (Å²) in [6.45, 7) is 5.77. The quantitative estimate of drug-likeness (QED) is 0.243. The second-order valence-corrected chi connectivity index (χ2v) is 11.3. The monoisotopic (exact) mass is 493 g/mol. The van der Waals surface area contributed by atoms with Gasteiger partial charge in [0.1, 0.15) is 11.6 Å². The third kappa shape index (κ3) is 7.39. The maximum atomic E-state index is 12.7. The first-order valence-electron chi connectivity index (χ1n) is 12.4. The highest BCUT2D eigenvalue weighted by atomic mass is 32.2. The number of anilines is 1. The second-order valence-electron chi connectivity index (χ2n) is 10.1. The van der Waals surface area contributed by atoms with E-state index in [9.17, 15) is 9.90 Å². The molecule has 0 bridgehead atoms. The van der Waals surface area contributed by atoms with Gasteiger partial charge in [-0.3, -0.25) is 4.79 Å². The number of carbonyl (C=O) groups is 1. The van der Waals surface area contributed by atoms with Crippen molar-refractivity contribution in [2.24, 2.45) is 5.92 Å². The molecule has 8 heteroatoms. The van der Waals surface area contributed by atoms with Crippen molar-refractivity contribution in [1.29, 1.82) is 0 Å². The molecule has 4 rings (SSSR count). The van der Waals surface area contributed by atoms with Crippen LogP contribution in [0.1, 0.15) is 74.4 Å². The fourth-order valence-corrected chi connectivity index (χ4v) is 5.41. The van der Waals surface area contributed by atoms with Crippen LogP contribution in [0.15, 0.2) is 41.4 Å². The Morgan fingerprint density at radius 2 is 2.00 bits per heavy atom. The maximum Gasteiger partial charge on any atom is 0.294 e. The number of aromatic nitrogens is 4. The molecule has 186 valence electrons. The van der Waals surface area contributed by atoms with Gasteiger partial charge in [-0.15, -0.1) is 22.0 Å². The molecule has 0 unspecified atom stereocenters. The van der Waals surface area contributed by atoms with Crippen molar-refractivity contribution in [2.75, 3.05) is 11.1 Å². The highest BCUT2D eigenvalue weighted by molar-refractivity contribution is 7.99. The lowest BCUT2D eigenvalue weighted by molar-refractivity contribution is 0.0706. The molecule has 1 amide bonds. The first-order valence-corrected chi connectivity index (χ1v) is 13.4. The van der Waals surface area contributed by atoms with E-state index in [-0.39, 0.29) is 11.7 Å². The average molecular weight is 494 g/mol. The maximum absolute atomic E-state index is 12.7. The summed E-state index contributed by atoms with van der Waals surface area (Å²) in [4.78, 5) is 21.3. The number of hydrogen-bond donors (Lipinski definition) is 3. The molecule has 1 aromatic carbocycles. The number of benzene rings is 1. The predicted molar refractivity (Wildman–Crippen MR) is 141 cm³/mol. The van der Waals surface area contributed by atoms with Crippen LogP contribution in [-0.2, 0) is 6.42 Å². The number of H-pyrrole nitrogens is 1. The zero-order valence-corrected chi connectivity index (χ0v) is 21.6. The number of pyridine rings is 1. The number of nitrogens with zero attached hydrogens (tertiary/aromatic N) is 3. The van der Waals surface area contributed by atoms with Gasteiger partial charge in [-0.1, -0.05) is 31.7 Å². The first kappa shape index (κ1) is 25.4. The number of rotatable bonds is 10. The summed E-state index contributed by atoms with van der Waals surface area (Å²) < 4.78 is 0. The SMILES string of the molecule is Cc1ccc(SCCCC(C)(C)O)cc1-c1ccnc(NC(=O)c2nnc(CC3CCCC3)[nH]2)c1. The van der Waals surface area contributed by atoms with E-state index in [4.69, 9.17) is 0 Å². The van der Waals surface area contributed by atoms with E-state index in [1.165, 1.54) is 30.6 Å². The molecular formula is C27H35N5O2S. The van der Waals surface area contributed by atoms with Crippen molar-refractivity contribution in [2.45, 2.75) is 76.2 Å². The number of aliphatic hydroxyl groups is 1. The molecule has 2 heterocycles. The van der Waals surface area contributed by atoms with E-state index in [0.29, 0.717) is 11.7 Å². The lowest BCUT2D eigenvalue weighted by Gasteiger charge is -2.16. The number of aromatic amines is 1. The van der Waals surface area contributed by atoms with Crippen molar-refractivity contribution in [3.63, 3.8) is 0 Å². The molecule has 0 radical (unpaired) electrons. The van der Waals surface area contributed by atoms with Gasteiger partial charge in [0.15, 0.2) is 0 Å². The predicted octanol–water partition coefficient (Wildman–Crippen LogP) is 5.80. The zero-order valence-electron chi connectivity index (χ0n) is 20.8. The van der Waals surface area contributed by atoms with Crippen molar-refractivity contribution in [1.82, 2.24) is 20.2 Å². The van der Waals surface area contributed by atoms with E-state index >= 15 is 0 Å². The molecule has 1 saturated carbocycles. The normalized spacial score (nSPS) is 14.4. The summed E-state index contributed by atoms with van der Waals surface area (Å²) in [5.74, 6) is 2.71. The summed E-state index contributed by atoms with van der Waals surface area (Å²) in [7, 11) is 0. The van der Waals surface area contributed by atoms with Gasteiger partial charge in [0.2, 0.25) is 5.82 Å². The smallest absolute Gasteiger partial charge is 0.294 e. The zero-order chi connectivity index (χ0) is 24.8. The van der Waals surface area contributed by atoms with Gasteiger partial charge < -0.3 is 15.4 Å². The van der Waals surface area contributed by atoms with Gasteiger partial charge in [-0.25, -0.2) is 4.98 Å². The second kappa shape index (κ2) is 11.4. The van der Waals surface area contributed by atoms with E-state index in [2.05, 4.69) is 50.6 Å². The van der Waals surface area contributed by atoms with Crippen molar-refractivity contribution in [3.8, 4) is 11.1 Å². The van der Waals surface area contributed by atoms with Crippen LogP contribution in [0.25, 0.3) is 11.1 Å². The number of aryl methyl sites for hydroxylation is 1. The van der Waals surface area contributed by atoms with Crippen LogP contribution in [0, 0.1) is 12.8 Å². The molecule has 0 spiro atoms. The molecule has 3 aromatic rings. The molecule has 0 atom stereocenters. The number of thioether (sulfide) groups is 1. The minimum absolute atomic E-state index is 0.214. The van der Waals surface area contributed by atoms with Crippen LogP contribution in [0.3, 0.4) is 0 Å². The summed E-state index contributed by atoms with van der Waals surface area (Å²) in [6.07, 6.45) is 9.28. The van der Waals surface area contributed by atoms with Gasteiger partial charge in [0, 0.05) is 17.5 Å². The average Bonchev–Trinajstić information content (AvgIpc) is 3.50. The molecule has 7 nitrogen and oxygen atoms in total. The van der Waals surface area contributed by atoms with Gasteiger partial charge in [0.05, 0.1) is 5.60 Å². The molecule has 0 aliphatic heterocycles. The number of hydrogen-bond acceptors (Lipinski definition) is 6. The van der Waals surface area contributed by atoms with E-state index in [1.807, 2.05) is 26.0 Å². The highest BCUT2D eigenvalue weighted by Gasteiger charge is 2.19. The summed E-state index contributed by atoms with van der Waals surface area (Å²) >= 11 is 1.79. The Morgan fingerprint density at radius 1 is 1.20 bits per heavy atom. The van der Waals surface area contributed by atoms with Crippen molar-refractivity contribution >= 4 is 23.5 Å². The fourth-order valence-electron chi connectivity index (χ4n) is 4.52. The standard InChI is InChI=1S/C27H35N5O2S/c1-18-9-10-21(35-14-6-12-27(2,3)34)17-22(18)20-11-13-28-23(16-20)30-26(33)25-29-24(31-32-25)15-19-7-4-5-8-19/h9-11,13,16-17,19,34H,4-8,12,14-15H2,1-3H3,(H,28,30,33)(H,29,31,32). The Labute approximate surface area is 211 Å². The molecule has 1 fully saturated rings. The van der Waals surface area contributed by atoms with Gasteiger partial charge >= 0.3 is 0 Å². The van der Waals surface area contributed by atoms with Crippen molar-refractivity contribution in [3.05, 3.63) is 53.7 Å². The highest BCUT2D eigenvalue weighted by Crippen LogP contribution is 2.31. The Balaban J connectivity index is 1.40. The number of amides is 1. The molecule has 3 N–H and O–H groups in total. The lowest BCUT2D eigenvalue weighted by Crippen LogP contribution is -2.18. The molecule has 1 aliphatic carbocycles. The lowest BCUT2D eigenvalue weighted by atomic mass is 10.0.